The van der Waals surface area contributed by atoms with Gasteiger partial charge in [0.05, 0.1) is 5.69 Å². The van der Waals surface area contributed by atoms with Gasteiger partial charge in [-0.3, -0.25) is 14.9 Å². The van der Waals surface area contributed by atoms with Crippen LogP contribution in [0.5, 0.6) is 5.75 Å². The fraction of sp³-hybridized carbons (Fsp3) is 0.0417. The van der Waals surface area contributed by atoms with Gasteiger partial charge in [0, 0.05) is 10.6 Å². The van der Waals surface area contributed by atoms with Gasteiger partial charge in [0.15, 0.2) is 5.11 Å². The highest BCUT2D eigenvalue weighted by molar-refractivity contribution is 7.80. The highest BCUT2D eigenvalue weighted by Crippen LogP contribution is 2.25. The van der Waals surface area contributed by atoms with E-state index < -0.39 is 17.6 Å². The van der Waals surface area contributed by atoms with E-state index >= 15 is 0 Å². The summed E-state index contributed by atoms with van der Waals surface area (Å²) in [4.78, 5) is 26.3. The summed E-state index contributed by atoms with van der Waals surface area (Å²) in [6.07, 6.45) is 1.42. The molecule has 1 aliphatic rings. The lowest BCUT2D eigenvalue weighted by molar-refractivity contribution is -0.122. The maximum absolute atomic E-state index is 14.2. The lowest BCUT2D eigenvalue weighted by Gasteiger charge is -2.29. The van der Waals surface area contributed by atoms with Gasteiger partial charge >= 0.3 is 0 Å². The van der Waals surface area contributed by atoms with Crippen molar-refractivity contribution in [3.63, 3.8) is 0 Å². The lowest BCUT2D eigenvalue weighted by atomic mass is 10.1. The molecule has 0 radical (unpaired) electrons. The summed E-state index contributed by atoms with van der Waals surface area (Å²) in [6.45, 7) is 0.302. The van der Waals surface area contributed by atoms with Crippen LogP contribution in [0.2, 0.25) is 5.02 Å². The van der Waals surface area contributed by atoms with E-state index in [0.717, 1.165) is 10.5 Å². The Labute approximate surface area is 194 Å². The third kappa shape index (κ3) is 4.54. The number of carbonyl (C=O) groups is 2. The van der Waals surface area contributed by atoms with E-state index in [4.69, 9.17) is 28.6 Å². The summed E-state index contributed by atoms with van der Waals surface area (Å²) in [6, 6.07) is 19.9. The third-order valence-corrected chi connectivity index (χ3v) is 5.39. The topological polar surface area (TPSA) is 58.6 Å². The number of thiocarbonyl (C=S) groups is 1. The summed E-state index contributed by atoms with van der Waals surface area (Å²) in [7, 11) is 0. The molecule has 1 N–H and O–H groups in total. The molecule has 0 atom stereocenters. The Hall–Kier alpha value is -3.55. The lowest BCUT2D eigenvalue weighted by Crippen LogP contribution is -2.54. The first kappa shape index (κ1) is 21.7. The molecule has 0 saturated carbocycles. The Morgan fingerprint density at radius 2 is 1.69 bits per heavy atom. The average Bonchev–Trinajstić information content (AvgIpc) is 2.78. The highest BCUT2D eigenvalue weighted by Gasteiger charge is 2.35. The summed E-state index contributed by atoms with van der Waals surface area (Å²) in [5.41, 5.74) is 1.26. The molecule has 0 bridgehead atoms. The summed E-state index contributed by atoms with van der Waals surface area (Å²) in [5.74, 6) is -1.38. The Morgan fingerprint density at radius 3 is 2.41 bits per heavy atom. The number of rotatable bonds is 5. The summed E-state index contributed by atoms with van der Waals surface area (Å²) < 4.78 is 20.0. The van der Waals surface area contributed by atoms with Crippen molar-refractivity contribution in [1.82, 2.24) is 5.32 Å². The molecule has 160 valence electrons. The maximum atomic E-state index is 14.2. The van der Waals surface area contributed by atoms with E-state index in [1.807, 2.05) is 18.2 Å². The number of amides is 2. The van der Waals surface area contributed by atoms with E-state index in [9.17, 15) is 14.0 Å². The van der Waals surface area contributed by atoms with Gasteiger partial charge in [0.25, 0.3) is 11.8 Å². The fourth-order valence-corrected chi connectivity index (χ4v) is 3.58. The van der Waals surface area contributed by atoms with Crippen molar-refractivity contribution in [3.05, 3.63) is 100 Å². The minimum absolute atomic E-state index is 0.0308. The van der Waals surface area contributed by atoms with Crippen LogP contribution in [0.1, 0.15) is 11.1 Å². The summed E-state index contributed by atoms with van der Waals surface area (Å²) in [5, 5.41) is 2.88. The molecule has 2 amide bonds. The van der Waals surface area contributed by atoms with Crippen molar-refractivity contribution in [2.24, 2.45) is 0 Å². The number of carbonyl (C=O) groups excluding carboxylic acids is 2. The first-order valence-electron chi connectivity index (χ1n) is 9.56. The van der Waals surface area contributed by atoms with E-state index in [0.29, 0.717) is 22.9 Å². The number of nitrogens with zero attached hydrogens (tertiary/aromatic N) is 1. The number of benzene rings is 3. The van der Waals surface area contributed by atoms with Gasteiger partial charge in [-0.05, 0) is 54.2 Å². The average molecular weight is 467 g/mol. The first-order valence-corrected chi connectivity index (χ1v) is 10.3. The van der Waals surface area contributed by atoms with Gasteiger partial charge < -0.3 is 4.74 Å². The van der Waals surface area contributed by atoms with Gasteiger partial charge in [-0.2, -0.15) is 0 Å². The zero-order chi connectivity index (χ0) is 22.7. The Bertz CT molecular complexity index is 1240. The Balaban J connectivity index is 1.54. The van der Waals surface area contributed by atoms with E-state index in [1.165, 1.54) is 24.3 Å². The van der Waals surface area contributed by atoms with Gasteiger partial charge in [-0.15, -0.1) is 0 Å². The minimum atomic E-state index is -0.706. The molecule has 3 aromatic carbocycles. The Morgan fingerprint density at radius 1 is 1.00 bits per heavy atom. The first-order chi connectivity index (χ1) is 15.4. The van der Waals surface area contributed by atoms with Crippen LogP contribution >= 0.6 is 23.8 Å². The maximum Gasteiger partial charge on any atom is 0.270 e. The molecule has 0 unspecified atom stereocenters. The van der Waals surface area contributed by atoms with Crippen LogP contribution in [-0.2, 0) is 16.2 Å². The van der Waals surface area contributed by atoms with Gasteiger partial charge in [-0.1, -0.05) is 54.1 Å². The summed E-state index contributed by atoms with van der Waals surface area (Å²) >= 11 is 11.2. The van der Waals surface area contributed by atoms with Crippen molar-refractivity contribution in [3.8, 4) is 5.75 Å². The number of hydrogen-bond acceptors (Lipinski definition) is 4. The molecule has 3 aromatic rings. The van der Waals surface area contributed by atoms with Crippen LogP contribution in [0.25, 0.3) is 6.08 Å². The number of anilines is 1. The van der Waals surface area contributed by atoms with Crippen molar-refractivity contribution in [2.45, 2.75) is 6.61 Å². The van der Waals surface area contributed by atoms with Gasteiger partial charge in [-0.25, -0.2) is 9.29 Å². The molecular weight excluding hydrogens is 451 g/mol. The highest BCUT2D eigenvalue weighted by atomic mass is 35.5. The van der Waals surface area contributed by atoms with Crippen LogP contribution in [0.3, 0.4) is 0 Å². The molecule has 1 heterocycles. The fourth-order valence-electron chi connectivity index (χ4n) is 3.11. The van der Waals surface area contributed by atoms with Crippen LogP contribution in [0, 0.1) is 5.82 Å². The molecule has 0 aromatic heterocycles. The second-order valence-corrected chi connectivity index (χ2v) is 7.65. The zero-order valence-corrected chi connectivity index (χ0v) is 18.1. The molecule has 32 heavy (non-hydrogen) atoms. The van der Waals surface area contributed by atoms with Crippen molar-refractivity contribution in [2.75, 3.05) is 4.90 Å². The van der Waals surface area contributed by atoms with Crippen LogP contribution in [-0.4, -0.2) is 16.9 Å². The molecule has 5 nitrogen and oxygen atoms in total. The molecule has 0 spiro atoms. The normalized spacial score (nSPS) is 15.1. The third-order valence-electron chi connectivity index (χ3n) is 4.74. The number of halogens is 2. The molecule has 1 saturated heterocycles. The van der Waals surface area contributed by atoms with Crippen LogP contribution in [0.4, 0.5) is 10.1 Å². The van der Waals surface area contributed by atoms with E-state index in [-0.39, 0.29) is 16.4 Å². The van der Waals surface area contributed by atoms with Gasteiger partial charge in [0.2, 0.25) is 0 Å². The molecule has 1 aliphatic heterocycles. The SMILES string of the molecule is O=C1NC(=S)N(c2ccccc2F)C(=O)/C1=C/c1ccc(OCc2ccccc2Cl)cc1. The number of hydrogen-bond donors (Lipinski definition) is 1. The number of ether oxygens (including phenoxy) is 1. The second kappa shape index (κ2) is 9.30. The van der Waals surface area contributed by atoms with Crippen molar-refractivity contribution >= 4 is 52.5 Å². The number of para-hydroxylation sites is 1. The van der Waals surface area contributed by atoms with Gasteiger partial charge in [0.1, 0.15) is 23.7 Å². The van der Waals surface area contributed by atoms with Crippen LogP contribution < -0.4 is 15.0 Å². The second-order valence-electron chi connectivity index (χ2n) is 6.86. The predicted molar refractivity (Wildman–Crippen MR) is 125 cm³/mol. The minimum Gasteiger partial charge on any atom is -0.489 e. The molecular formula is C24H16ClFN2O3S. The molecule has 4 rings (SSSR count). The largest absolute Gasteiger partial charge is 0.489 e. The zero-order valence-electron chi connectivity index (χ0n) is 16.5. The number of nitrogens with one attached hydrogen (secondary N) is 1. The Kier molecular flexibility index (Phi) is 6.30. The molecule has 0 aliphatic carbocycles. The predicted octanol–water partition coefficient (Wildman–Crippen LogP) is 4.89. The van der Waals surface area contributed by atoms with E-state index in [2.05, 4.69) is 5.32 Å². The molecule has 8 heteroatoms. The molecule has 1 fully saturated rings. The standard InChI is InChI=1S/C24H16ClFN2O3S/c25-19-6-2-1-5-16(19)14-31-17-11-9-15(10-12-17)13-18-22(29)27-24(32)28(23(18)30)21-8-4-3-7-20(21)26/h1-13H,14H2,(H,27,29,32)/b18-13+. The van der Waals surface area contributed by atoms with Crippen molar-refractivity contribution in [1.29, 1.82) is 0 Å². The van der Waals surface area contributed by atoms with Crippen LogP contribution in [0.15, 0.2) is 78.4 Å². The smallest absolute Gasteiger partial charge is 0.270 e. The quantitative estimate of drug-likeness (QED) is 0.330. The van der Waals surface area contributed by atoms with E-state index in [1.54, 1.807) is 36.4 Å². The van der Waals surface area contributed by atoms with Crippen molar-refractivity contribution < 1.29 is 18.7 Å². The monoisotopic (exact) mass is 466 g/mol.